The molecule has 26 heavy (non-hydrogen) atoms. The van der Waals surface area contributed by atoms with Crippen LogP contribution in [0.5, 0.6) is 0 Å². The third kappa shape index (κ3) is 3.10. The molecule has 0 radical (unpaired) electrons. The maximum Gasteiger partial charge on any atom is 0.263 e. The molecule has 2 heterocycles. The topological polar surface area (TPSA) is 57.3 Å². The van der Waals surface area contributed by atoms with Gasteiger partial charge in [0.1, 0.15) is 5.82 Å². The minimum atomic E-state index is -0.541. The number of amides is 1. The van der Waals surface area contributed by atoms with Gasteiger partial charge in [0.05, 0.1) is 23.1 Å². The highest BCUT2D eigenvalue weighted by molar-refractivity contribution is 14.1. The number of para-hydroxylation sites is 1. The maximum atomic E-state index is 13.9. The van der Waals surface area contributed by atoms with Crippen LogP contribution in [0.25, 0.3) is 0 Å². The van der Waals surface area contributed by atoms with Gasteiger partial charge < -0.3 is 10.6 Å². The highest BCUT2D eigenvalue weighted by Crippen LogP contribution is 2.33. The molecule has 7 heteroatoms. The van der Waals surface area contributed by atoms with Crippen LogP contribution in [0.4, 0.5) is 21.5 Å². The summed E-state index contributed by atoms with van der Waals surface area (Å²) in [7, 11) is 0. The lowest BCUT2D eigenvalue weighted by Crippen LogP contribution is -2.53. The summed E-state index contributed by atoms with van der Waals surface area (Å²) in [6.07, 6.45) is 2.82. The first-order valence-electron chi connectivity index (χ1n) is 7.94. The molecule has 0 aliphatic carbocycles. The first kappa shape index (κ1) is 16.8. The van der Waals surface area contributed by atoms with Crippen LogP contribution in [-0.4, -0.2) is 17.2 Å². The van der Waals surface area contributed by atoms with Gasteiger partial charge in [-0.05, 0) is 59.0 Å². The molecule has 0 bridgehead atoms. The first-order valence-corrected chi connectivity index (χ1v) is 9.02. The number of hydrogen-bond acceptors (Lipinski definition) is 4. The SMILES string of the molecule is O=C1c2cc(F)cc(I)c2NC(Nc2cccnc2)N1c1ccccc1. The molecule has 1 unspecified atom stereocenters. The molecule has 130 valence electrons. The number of nitrogens with one attached hydrogen (secondary N) is 2. The van der Waals surface area contributed by atoms with Crippen molar-refractivity contribution in [2.75, 3.05) is 15.5 Å². The van der Waals surface area contributed by atoms with Crippen molar-refractivity contribution in [2.24, 2.45) is 0 Å². The van der Waals surface area contributed by atoms with E-state index < -0.39 is 12.1 Å². The molecule has 1 aliphatic heterocycles. The fourth-order valence-corrected chi connectivity index (χ4v) is 3.64. The van der Waals surface area contributed by atoms with Gasteiger partial charge in [-0.15, -0.1) is 0 Å². The fourth-order valence-electron chi connectivity index (χ4n) is 2.90. The number of benzene rings is 2. The van der Waals surface area contributed by atoms with Crippen LogP contribution in [0.15, 0.2) is 67.0 Å². The number of rotatable bonds is 3. The molecule has 2 aromatic carbocycles. The Morgan fingerprint density at radius 1 is 1.15 bits per heavy atom. The van der Waals surface area contributed by atoms with Crippen LogP contribution >= 0.6 is 22.6 Å². The summed E-state index contributed by atoms with van der Waals surface area (Å²) >= 11 is 2.03. The van der Waals surface area contributed by atoms with E-state index in [1.165, 1.54) is 12.1 Å². The first-order chi connectivity index (χ1) is 12.6. The van der Waals surface area contributed by atoms with Crippen molar-refractivity contribution in [3.8, 4) is 0 Å². The smallest absolute Gasteiger partial charge is 0.263 e. The summed E-state index contributed by atoms with van der Waals surface area (Å²) in [5.41, 5.74) is 2.39. The monoisotopic (exact) mass is 460 g/mol. The molecule has 3 aromatic rings. The van der Waals surface area contributed by atoms with Crippen LogP contribution in [0.1, 0.15) is 10.4 Å². The van der Waals surface area contributed by atoms with Crippen LogP contribution in [0.2, 0.25) is 0 Å². The zero-order chi connectivity index (χ0) is 18.1. The number of pyridine rings is 1. The number of halogens is 2. The van der Waals surface area contributed by atoms with Crippen LogP contribution in [0, 0.1) is 9.39 Å². The van der Waals surface area contributed by atoms with Crippen LogP contribution < -0.4 is 15.5 Å². The number of hydrogen-bond donors (Lipinski definition) is 2. The summed E-state index contributed by atoms with van der Waals surface area (Å²) in [6, 6.07) is 15.6. The molecule has 1 atom stereocenters. The Hall–Kier alpha value is -2.68. The highest BCUT2D eigenvalue weighted by Gasteiger charge is 2.34. The molecule has 0 spiro atoms. The summed E-state index contributed by atoms with van der Waals surface area (Å²) in [6.45, 7) is 0. The molecule has 0 saturated heterocycles. The Morgan fingerprint density at radius 2 is 1.96 bits per heavy atom. The van der Waals surface area contributed by atoms with Gasteiger partial charge in [0.15, 0.2) is 6.29 Å². The van der Waals surface area contributed by atoms with Gasteiger partial charge in [0.25, 0.3) is 5.91 Å². The quantitative estimate of drug-likeness (QED) is 0.573. The largest absolute Gasteiger partial charge is 0.347 e. The number of fused-ring (bicyclic) bond motifs is 1. The van der Waals surface area contributed by atoms with E-state index in [2.05, 4.69) is 15.6 Å². The minimum absolute atomic E-state index is 0.274. The second-order valence-corrected chi connectivity index (χ2v) is 6.92. The average Bonchev–Trinajstić information content (AvgIpc) is 2.65. The van der Waals surface area contributed by atoms with E-state index in [0.717, 1.165) is 5.69 Å². The van der Waals surface area contributed by atoms with Crippen molar-refractivity contribution in [2.45, 2.75) is 6.29 Å². The predicted octanol–water partition coefficient (Wildman–Crippen LogP) is 4.29. The van der Waals surface area contributed by atoms with Crippen LogP contribution in [0.3, 0.4) is 0 Å². The van der Waals surface area contributed by atoms with E-state index in [9.17, 15) is 9.18 Å². The van der Waals surface area contributed by atoms with E-state index >= 15 is 0 Å². The molecule has 1 aliphatic rings. The van der Waals surface area contributed by atoms with Crippen molar-refractivity contribution in [1.82, 2.24) is 4.98 Å². The minimum Gasteiger partial charge on any atom is -0.347 e. The van der Waals surface area contributed by atoms with Crippen molar-refractivity contribution < 1.29 is 9.18 Å². The normalized spacial score (nSPS) is 16.0. The third-order valence-electron chi connectivity index (χ3n) is 4.04. The van der Waals surface area contributed by atoms with Gasteiger partial charge in [-0.25, -0.2) is 4.39 Å². The van der Waals surface area contributed by atoms with Crippen LogP contribution in [-0.2, 0) is 0 Å². The average molecular weight is 460 g/mol. The zero-order valence-corrected chi connectivity index (χ0v) is 15.6. The number of carbonyl (C=O) groups is 1. The maximum absolute atomic E-state index is 13.9. The van der Waals surface area contributed by atoms with E-state index in [1.807, 2.05) is 65.1 Å². The molecule has 1 aromatic heterocycles. The molecule has 4 rings (SSSR count). The Morgan fingerprint density at radius 3 is 2.69 bits per heavy atom. The van der Waals surface area contributed by atoms with E-state index in [4.69, 9.17) is 0 Å². The van der Waals surface area contributed by atoms with E-state index in [0.29, 0.717) is 20.5 Å². The van der Waals surface area contributed by atoms with Gasteiger partial charge in [0.2, 0.25) is 0 Å². The molecule has 0 saturated carbocycles. The summed E-state index contributed by atoms with van der Waals surface area (Å²) in [5, 5.41) is 6.59. The molecular formula is C19H14FIN4O. The standard InChI is InChI=1S/C19H14FIN4O/c20-12-9-15-17(16(21)10-12)24-19(23-13-5-4-8-22-11-13)25(18(15)26)14-6-2-1-3-7-14/h1-11,19,23-24H. The Kier molecular flexibility index (Phi) is 4.46. The third-order valence-corrected chi connectivity index (χ3v) is 4.89. The van der Waals surface area contributed by atoms with Gasteiger partial charge in [-0.2, -0.15) is 0 Å². The summed E-state index contributed by atoms with van der Waals surface area (Å²) < 4.78 is 14.5. The second-order valence-electron chi connectivity index (χ2n) is 5.75. The Labute approximate surface area is 163 Å². The van der Waals surface area contributed by atoms with Crippen molar-refractivity contribution in [1.29, 1.82) is 0 Å². The number of carbonyl (C=O) groups excluding carboxylic acids is 1. The Bertz CT molecular complexity index is 953. The molecular weight excluding hydrogens is 446 g/mol. The molecule has 1 amide bonds. The predicted molar refractivity (Wildman–Crippen MR) is 108 cm³/mol. The lowest BCUT2D eigenvalue weighted by molar-refractivity contribution is 0.0977. The lowest BCUT2D eigenvalue weighted by atomic mass is 10.1. The lowest BCUT2D eigenvalue weighted by Gasteiger charge is -2.38. The number of nitrogens with zero attached hydrogens (tertiary/aromatic N) is 2. The molecule has 5 nitrogen and oxygen atoms in total. The summed E-state index contributed by atoms with van der Waals surface area (Å²) in [4.78, 5) is 18.9. The molecule has 0 fully saturated rings. The van der Waals surface area contributed by atoms with Gasteiger partial charge in [-0.3, -0.25) is 14.7 Å². The highest BCUT2D eigenvalue weighted by atomic mass is 127. The second kappa shape index (κ2) is 6.91. The Balaban J connectivity index is 1.80. The van der Waals surface area contributed by atoms with Gasteiger partial charge in [-0.1, -0.05) is 18.2 Å². The van der Waals surface area contributed by atoms with Crippen molar-refractivity contribution >= 4 is 45.6 Å². The van der Waals surface area contributed by atoms with Crippen molar-refractivity contribution in [3.05, 3.63) is 81.9 Å². The number of aromatic nitrogens is 1. The zero-order valence-electron chi connectivity index (χ0n) is 13.5. The van der Waals surface area contributed by atoms with Gasteiger partial charge >= 0.3 is 0 Å². The van der Waals surface area contributed by atoms with Crippen molar-refractivity contribution in [3.63, 3.8) is 0 Å². The van der Waals surface area contributed by atoms with E-state index in [1.54, 1.807) is 17.3 Å². The number of anilines is 3. The van der Waals surface area contributed by atoms with E-state index in [-0.39, 0.29) is 5.91 Å². The molecule has 2 N–H and O–H groups in total. The van der Waals surface area contributed by atoms with Gasteiger partial charge in [0, 0.05) is 15.5 Å². The fraction of sp³-hybridized carbons (Fsp3) is 0.0526. The summed E-state index contributed by atoms with van der Waals surface area (Å²) in [5.74, 6) is -0.710.